The van der Waals surface area contributed by atoms with Crippen molar-refractivity contribution in [3.05, 3.63) is 57.2 Å². The molecule has 0 aliphatic heterocycles. The minimum atomic E-state index is -0.351. The maximum atomic E-state index is 13.7. The third-order valence-corrected chi connectivity index (χ3v) is 3.28. The highest BCUT2D eigenvalue weighted by atomic mass is 127. The van der Waals surface area contributed by atoms with Gasteiger partial charge in [0.25, 0.3) is 0 Å². The molecule has 0 atom stereocenters. The summed E-state index contributed by atoms with van der Waals surface area (Å²) in [5.41, 5.74) is 1.89. The van der Waals surface area contributed by atoms with E-state index in [4.69, 9.17) is 0 Å². The van der Waals surface area contributed by atoms with Crippen LogP contribution in [0.4, 0.5) is 8.78 Å². The maximum Gasteiger partial charge on any atom is 0.131 e. The van der Waals surface area contributed by atoms with Gasteiger partial charge in [0.15, 0.2) is 0 Å². The lowest BCUT2D eigenvalue weighted by molar-refractivity contribution is 0.624. The molecule has 0 aromatic heterocycles. The molecule has 0 N–H and O–H groups in total. The number of hydrogen-bond acceptors (Lipinski definition) is 0. The molecule has 0 fully saturated rings. The molecule has 0 saturated heterocycles. The molecule has 0 spiro atoms. The van der Waals surface area contributed by atoms with Gasteiger partial charge in [0, 0.05) is 14.7 Å². The van der Waals surface area contributed by atoms with E-state index in [1.54, 1.807) is 12.1 Å². The van der Waals surface area contributed by atoms with Gasteiger partial charge in [-0.25, -0.2) is 8.78 Å². The fourth-order valence-electron chi connectivity index (χ4n) is 1.54. The van der Waals surface area contributed by atoms with Gasteiger partial charge in [-0.1, -0.05) is 12.1 Å². The van der Waals surface area contributed by atoms with Crippen molar-refractivity contribution in [3.8, 4) is 11.1 Å². The lowest BCUT2D eigenvalue weighted by Gasteiger charge is -2.07. The second kappa shape index (κ2) is 4.49. The summed E-state index contributed by atoms with van der Waals surface area (Å²) < 4.78 is 27.7. The van der Waals surface area contributed by atoms with E-state index in [0.717, 1.165) is 9.13 Å². The average molecular weight is 330 g/mol. The normalized spacial score (nSPS) is 10.5. The largest absolute Gasteiger partial charge is 0.207 e. The summed E-state index contributed by atoms with van der Waals surface area (Å²) in [6.45, 7) is 1.82. The van der Waals surface area contributed by atoms with Gasteiger partial charge in [-0.2, -0.15) is 0 Å². The zero-order valence-electron chi connectivity index (χ0n) is 8.60. The van der Waals surface area contributed by atoms with E-state index in [-0.39, 0.29) is 11.6 Å². The molecule has 0 nitrogen and oxygen atoms in total. The Balaban J connectivity index is 2.62. The Bertz CT molecular complexity index is 535. The second-order valence-corrected chi connectivity index (χ2v) is 4.77. The highest BCUT2D eigenvalue weighted by Gasteiger charge is 2.09. The summed E-state index contributed by atoms with van der Waals surface area (Å²) in [6.07, 6.45) is 0. The molecule has 2 aromatic carbocycles. The minimum absolute atomic E-state index is 0.316. The maximum absolute atomic E-state index is 13.7. The second-order valence-electron chi connectivity index (χ2n) is 3.61. The fourth-order valence-corrected chi connectivity index (χ4v) is 2.17. The third-order valence-electron chi connectivity index (χ3n) is 2.34. The van der Waals surface area contributed by atoms with Crippen LogP contribution in [0.1, 0.15) is 5.56 Å². The first kappa shape index (κ1) is 11.5. The Morgan fingerprint density at radius 2 is 1.69 bits per heavy atom. The van der Waals surface area contributed by atoms with Crippen LogP contribution in [-0.2, 0) is 0 Å². The van der Waals surface area contributed by atoms with Crippen LogP contribution in [0, 0.1) is 22.1 Å². The minimum Gasteiger partial charge on any atom is -0.207 e. The molecule has 0 radical (unpaired) electrons. The molecule has 0 saturated carbocycles. The van der Waals surface area contributed by atoms with E-state index < -0.39 is 0 Å². The standard InChI is InChI=1S/C13H9F2I/c1-8-2-4-10(12(15)6-8)11-7-9(14)3-5-13(11)16/h2-7H,1H3. The van der Waals surface area contributed by atoms with Gasteiger partial charge in [0.1, 0.15) is 11.6 Å². The summed E-state index contributed by atoms with van der Waals surface area (Å²) in [5, 5.41) is 0. The van der Waals surface area contributed by atoms with Crippen molar-refractivity contribution < 1.29 is 8.78 Å². The van der Waals surface area contributed by atoms with Gasteiger partial charge in [0.05, 0.1) is 0 Å². The Hall–Kier alpha value is -0.970. The van der Waals surface area contributed by atoms with E-state index in [1.165, 1.54) is 18.2 Å². The van der Waals surface area contributed by atoms with Gasteiger partial charge in [-0.3, -0.25) is 0 Å². The molecule has 0 bridgehead atoms. The van der Waals surface area contributed by atoms with Crippen molar-refractivity contribution >= 4 is 22.6 Å². The lowest BCUT2D eigenvalue weighted by atomic mass is 10.0. The molecule has 0 aliphatic carbocycles. The van der Waals surface area contributed by atoms with Crippen molar-refractivity contribution in [2.45, 2.75) is 6.92 Å². The van der Waals surface area contributed by atoms with E-state index in [1.807, 2.05) is 13.0 Å². The Labute approximate surface area is 106 Å². The van der Waals surface area contributed by atoms with Crippen LogP contribution in [-0.4, -0.2) is 0 Å². The molecular weight excluding hydrogens is 321 g/mol. The Morgan fingerprint density at radius 3 is 2.38 bits per heavy atom. The zero-order chi connectivity index (χ0) is 11.7. The van der Waals surface area contributed by atoms with Crippen LogP contribution in [0.3, 0.4) is 0 Å². The van der Waals surface area contributed by atoms with E-state index in [2.05, 4.69) is 22.6 Å². The molecule has 0 amide bonds. The topological polar surface area (TPSA) is 0 Å². The van der Waals surface area contributed by atoms with Gasteiger partial charge < -0.3 is 0 Å². The first-order valence-electron chi connectivity index (χ1n) is 4.79. The molecule has 2 rings (SSSR count). The van der Waals surface area contributed by atoms with Gasteiger partial charge >= 0.3 is 0 Å². The number of benzene rings is 2. The van der Waals surface area contributed by atoms with Gasteiger partial charge in [-0.05, 0) is 59.3 Å². The molecule has 0 heterocycles. The summed E-state index contributed by atoms with van der Waals surface area (Å²) >= 11 is 2.07. The van der Waals surface area contributed by atoms with Crippen LogP contribution in [0.15, 0.2) is 36.4 Å². The highest BCUT2D eigenvalue weighted by Crippen LogP contribution is 2.28. The highest BCUT2D eigenvalue weighted by molar-refractivity contribution is 14.1. The monoisotopic (exact) mass is 330 g/mol. The molecule has 0 unspecified atom stereocenters. The van der Waals surface area contributed by atoms with Crippen molar-refractivity contribution in [1.82, 2.24) is 0 Å². The van der Waals surface area contributed by atoms with Gasteiger partial charge in [0.2, 0.25) is 0 Å². The molecule has 3 heteroatoms. The van der Waals surface area contributed by atoms with E-state index in [0.29, 0.717) is 11.1 Å². The first-order chi connectivity index (χ1) is 7.58. The number of hydrogen-bond donors (Lipinski definition) is 0. The Kier molecular flexibility index (Phi) is 3.23. The van der Waals surface area contributed by atoms with Crippen LogP contribution in [0.5, 0.6) is 0 Å². The predicted molar refractivity (Wildman–Crippen MR) is 69.2 cm³/mol. The van der Waals surface area contributed by atoms with Crippen LogP contribution < -0.4 is 0 Å². The fraction of sp³-hybridized carbons (Fsp3) is 0.0769. The average Bonchev–Trinajstić information content (AvgIpc) is 2.22. The van der Waals surface area contributed by atoms with Crippen LogP contribution in [0.2, 0.25) is 0 Å². The SMILES string of the molecule is Cc1ccc(-c2cc(F)ccc2I)c(F)c1. The number of halogens is 3. The van der Waals surface area contributed by atoms with Crippen molar-refractivity contribution in [2.24, 2.45) is 0 Å². The summed E-state index contributed by atoms with van der Waals surface area (Å²) in [7, 11) is 0. The predicted octanol–water partition coefficient (Wildman–Crippen LogP) is 4.54. The van der Waals surface area contributed by atoms with Crippen LogP contribution in [0.25, 0.3) is 11.1 Å². The molecule has 16 heavy (non-hydrogen) atoms. The Morgan fingerprint density at radius 1 is 0.938 bits per heavy atom. The van der Waals surface area contributed by atoms with Crippen LogP contribution >= 0.6 is 22.6 Å². The summed E-state index contributed by atoms with van der Waals surface area (Å²) in [5.74, 6) is -0.668. The van der Waals surface area contributed by atoms with Crippen molar-refractivity contribution in [3.63, 3.8) is 0 Å². The van der Waals surface area contributed by atoms with Gasteiger partial charge in [-0.15, -0.1) is 0 Å². The molecular formula is C13H9F2I. The zero-order valence-corrected chi connectivity index (χ0v) is 10.8. The quantitative estimate of drug-likeness (QED) is 0.673. The van der Waals surface area contributed by atoms with E-state index in [9.17, 15) is 8.78 Å². The molecule has 82 valence electrons. The molecule has 2 aromatic rings. The van der Waals surface area contributed by atoms with Crippen molar-refractivity contribution in [2.75, 3.05) is 0 Å². The lowest BCUT2D eigenvalue weighted by Crippen LogP contribution is -1.89. The number of aryl methyl sites for hydroxylation is 1. The van der Waals surface area contributed by atoms with Crippen molar-refractivity contribution in [1.29, 1.82) is 0 Å². The summed E-state index contributed by atoms with van der Waals surface area (Å²) in [6, 6.07) is 9.33. The van der Waals surface area contributed by atoms with E-state index >= 15 is 0 Å². The smallest absolute Gasteiger partial charge is 0.131 e. The number of rotatable bonds is 1. The first-order valence-corrected chi connectivity index (χ1v) is 5.87. The third kappa shape index (κ3) is 2.24. The summed E-state index contributed by atoms with van der Waals surface area (Å²) in [4.78, 5) is 0. The molecule has 0 aliphatic rings.